The first-order valence-corrected chi connectivity index (χ1v) is 13.9. The first-order chi connectivity index (χ1) is 20.2. The zero-order valence-corrected chi connectivity index (χ0v) is 22.9. The van der Waals surface area contributed by atoms with Crippen molar-refractivity contribution in [2.45, 2.75) is 38.5 Å². The van der Waals surface area contributed by atoms with E-state index in [2.05, 4.69) is 15.0 Å². The van der Waals surface area contributed by atoms with Gasteiger partial charge in [-0.25, -0.2) is 15.0 Å². The molecule has 0 radical (unpaired) electrons. The monoisotopic (exact) mass is 545 g/mol. The van der Waals surface area contributed by atoms with Crippen LogP contribution in [0.15, 0.2) is 103 Å². The third-order valence-corrected chi connectivity index (χ3v) is 7.19. The number of rotatable bonds is 9. The maximum Gasteiger partial charge on any atom is 0.213 e. The molecule has 8 nitrogen and oxygen atoms in total. The average molecular weight is 546 g/mol. The lowest BCUT2D eigenvalue weighted by molar-refractivity contribution is -0.166. The number of ether oxygens (including phenoxy) is 2. The van der Waals surface area contributed by atoms with Crippen LogP contribution in [0.25, 0.3) is 11.0 Å². The number of pyridine rings is 1. The summed E-state index contributed by atoms with van der Waals surface area (Å²) in [6, 6.07) is 23.5. The van der Waals surface area contributed by atoms with Crippen LogP contribution in [-0.2, 0) is 9.47 Å². The normalized spacial score (nSPS) is 15.9. The number of fused-ring (bicyclic) bond motifs is 1. The van der Waals surface area contributed by atoms with Crippen molar-refractivity contribution in [3.63, 3.8) is 0 Å². The largest absolute Gasteiger partial charge is 0.353 e. The minimum atomic E-state index is -0.217. The number of hydrogen-bond donors (Lipinski definition) is 0. The quantitative estimate of drug-likeness (QED) is 0.159. The molecule has 0 saturated carbocycles. The van der Waals surface area contributed by atoms with Crippen LogP contribution < -0.4 is 0 Å². The van der Waals surface area contributed by atoms with Gasteiger partial charge in [-0.3, -0.25) is 9.78 Å². The number of benzene rings is 2. The molecule has 0 N–H and O–H groups in total. The first kappa shape index (κ1) is 26.7. The zero-order valence-electron chi connectivity index (χ0n) is 22.9. The highest BCUT2D eigenvalue weighted by Crippen LogP contribution is 2.27. The van der Waals surface area contributed by atoms with Crippen LogP contribution in [-0.4, -0.2) is 50.5 Å². The molecule has 4 heterocycles. The van der Waals surface area contributed by atoms with Crippen molar-refractivity contribution < 1.29 is 14.3 Å². The third kappa shape index (κ3) is 5.99. The van der Waals surface area contributed by atoms with Gasteiger partial charge in [-0.15, -0.1) is 0 Å². The summed E-state index contributed by atoms with van der Waals surface area (Å²) >= 11 is 0. The fourth-order valence-corrected chi connectivity index (χ4v) is 5.04. The second-order valence-electron chi connectivity index (χ2n) is 10.1. The van der Waals surface area contributed by atoms with Gasteiger partial charge in [0.2, 0.25) is 5.78 Å². The number of hydrogen-bond acceptors (Lipinski definition) is 7. The summed E-state index contributed by atoms with van der Waals surface area (Å²) in [4.78, 5) is 31.9. The smallest absolute Gasteiger partial charge is 0.213 e. The van der Waals surface area contributed by atoms with Crippen molar-refractivity contribution in [1.82, 2.24) is 19.5 Å². The van der Waals surface area contributed by atoms with Gasteiger partial charge >= 0.3 is 0 Å². The molecule has 5 aromatic rings. The molecule has 1 saturated heterocycles. The molecule has 0 aliphatic carbocycles. The summed E-state index contributed by atoms with van der Waals surface area (Å²) in [6.45, 7) is 3.21. The molecule has 0 spiro atoms. The standard InChI is InChI=1S/C33H31N5O3/c1-23(21-41-30-14-8-9-17-40-30)38-20-28(27-19-34-22-36-33(27)38)32(39)29-18-26(15-16-35-29)37-31(24-10-4-2-5-11-24)25-12-6-3-7-13-25/h2-7,10-13,15-16,18-20,22-23,30H,8-9,14,17,21H2,1H3. The predicted octanol–water partition coefficient (Wildman–Crippen LogP) is 6.33. The van der Waals surface area contributed by atoms with Crippen LogP contribution in [0.5, 0.6) is 0 Å². The summed E-state index contributed by atoms with van der Waals surface area (Å²) in [5.74, 6) is -0.217. The van der Waals surface area contributed by atoms with Crippen LogP contribution in [0.1, 0.15) is 59.4 Å². The van der Waals surface area contributed by atoms with Crippen LogP contribution in [0, 0.1) is 0 Å². The molecule has 2 aromatic carbocycles. The number of ketones is 1. The minimum absolute atomic E-state index is 0.0670. The molecule has 6 rings (SSSR count). The van der Waals surface area contributed by atoms with E-state index in [9.17, 15) is 4.79 Å². The van der Waals surface area contributed by atoms with E-state index in [0.29, 0.717) is 34.6 Å². The number of carbonyl (C=O) groups excluding carboxylic acids is 1. The molecule has 1 aliphatic rings. The van der Waals surface area contributed by atoms with Crippen molar-refractivity contribution in [2.24, 2.45) is 4.99 Å². The van der Waals surface area contributed by atoms with Crippen molar-refractivity contribution >= 4 is 28.2 Å². The van der Waals surface area contributed by atoms with E-state index < -0.39 is 0 Å². The predicted molar refractivity (Wildman–Crippen MR) is 158 cm³/mol. The second-order valence-corrected chi connectivity index (χ2v) is 10.1. The van der Waals surface area contributed by atoms with E-state index >= 15 is 0 Å². The van der Waals surface area contributed by atoms with Crippen molar-refractivity contribution in [3.8, 4) is 0 Å². The lowest BCUT2D eigenvalue weighted by atomic mass is 10.0. The highest BCUT2D eigenvalue weighted by Gasteiger charge is 2.23. The molecule has 2 atom stereocenters. The Morgan fingerprint density at radius 2 is 1.80 bits per heavy atom. The van der Waals surface area contributed by atoms with Crippen LogP contribution >= 0.6 is 0 Å². The Morgan fingerprint density at radius 1 is 1.05 bits per heavy atom. The van der Waals surface area contributed by atoms with Gasteiger partial charge < -0.3 is 14.0 Å². The van der Waals surface area contributed by atoms with Gasteiger partial charge in [0.05, 0.1) is 29.6 Å². The van der Waals surface area contributed by atoms with Gasteiger partial charge in [-0.1, -0.05) is 60.7 Å². The zero-order chi connectivity index (χ0) is 28.0. The fraction of sp³-hybridized carbons (Fsp3) is 0.242. The van der Waals surface area contributed by atoms with E-state index in [1.165, 1.54) is 6.33 Å². The van der Waals surface area contributed by atoms with Crippen LogP contribution in [0.2, 0.25) is 0 Å². The Labute approximate surface area is 238 Å². The highest BCUT2D eigenvalue weighted by atomic mass is 16.7. The van der Waals surface area contributed by atoms with E-state index in [-0.39, 0.29) is 18.1 Å². The van der Waals surface area contributed by atoms with Crippen LogP contribution in [0.3, 0.4) is 0 Å². The van der Waals surface area contributed by atoms with Gasteiger partial charge in [0.25, 0.3) is 0 Å². The molecular formula is C33H31N5O3. The first-order valence-electron chi connectivity index (χ1n) is 13.9. The molecule has 1 aliphatic heterocycles. The maximum absolute atomic E-state index is 13.8. The molecule has 0 amide bonds. The Hall–Kier alpha value is -4.53. The van der Waals surface area contributed by atoms with Gasteiger partial charge in [0, 0.05) is 41.7 Å². The summed E-state index contributed by atoms with van der Waals surface area (Å²) in [7, 11) is 0. The molecule has 2 unspecified atom stereocenters. The fourth-order valence-electron chi connectivity index (χ4n) is 5.04. The molecule has 41 heavy (non-hydrogen) atoms. The van der Waals surface area contributed by atoms with Gasteiger partial charge in [-0.2, -0.15) is 0 Å². The SMILES string of the molecule is CC(COC1CCCCO1)n1cc(C(=O)c2cc(N=C(c3ccccc3)c3ccccc3)ccn2)c2cncnc21. The van der Waals surface area contributed by atoms with Crippen LogP contribution in [0.4, 0.5) is 5.69 Å². The van der Waals surface area contributed by atoms with E-state index in [0.717, 1.165) is 42.7 Å². The minimum Gasteiger partial charge on any atom is -0.353 e. The Balaban J connectivity index is 1.31. The molecular weight excluding hydrogens is 514 g/mol. The lowest BCUT2D eigenvalue weighted by Crippen LogP contribution is -2.25. The summed E-state index contributed by atoms with van der Waals surface area (Å²) < 4.78 is 13.7. The number of nitrogens with zero attached hydrogens (tertiary/aromatic N) is 5. The highest BCUT2D eigenvalue weighted by molar-refractivity contribution is 6.16. The van der Waals surface area contributed by atoms with Gasteiger partial charge in [0.15, 0.2) is 6.29 Å². The van der Waals surface area contributed by atoms with Gasteiger partial charge in [-0.05, 0) is 38.3 Å². The summed E-state index contributed by atoms with van der Waals surface area (Å²) in [5.41, 5.74) is 4.89. The van der Waals surface area contributed by atoms with Crippen molar-refractivity contribution in [3.05, 3.63) is 120 Å². The van der Waals surface area contributed by atoms with E-state index in [4.69, 9.17) is 14.5 Å². The Morgan fingerprint density at radius 3 is 2.51 bits per heavy atom. The number of aromatic nitrogens is 4. The number of aliphatic imine (C=N–C) groups is 1. The molecule has 8 heteroatoms. The lowest BCUT2D eigenvalue weighted by Gasteiger charge is -2.24. The van der Waals surface area contributed by atoms with Crippen molar-refractivity contribution in [1.29, 1.82) is 0 Å². The number of carbonyl (C=O) groups is 1. The van der Waals surface area contributed by atoms with Crippen molar-refractivity contribution in [2.75, 3.05) is 13.2 Å². The third-order valence-electron chi connectivity index (χ3n) is 7.19. The Kier molecular flexibility index (Phi) is 8.02. The molecule has 0 bridgehead atoms. The summed E-state index contributed by atoms with van der Waals surface area (Å²) in [6.07, 6.45) is 9.50. The Bertz CT molecular complexity index is 1620. The van der Waals surface area contributed by atoms with Gasteiger partial charge in [0.1, 0.15) is 17.7 Å². The average Bonchev–Trinajstić information content (AvgIpc) is 3.43. The summed E-state index contributed by atoms with van der Waals surface area (Å²) in [5, 5.41) is 0.670. The van der Waals surface area contributed by atoms with E-state index in [1.54, 1.807) is 18.5 Å². The molecule has 3 aromatic heterocycles. The molecule has 1 fully saturated rings. The van der Waals surface area contributed by atoms with E-state index in [1.807, 2.05) is 84.4 Å². The maximum atomic E-state index is 13.8. The second kappa shape index (κ2) is 12.3. The molecule has 206 valence electrons. The topological polar surface area (TPSA) is 91.5 Å².